The molecule has 2 aromatic heterocycles. The van der Waals surface area contributed by atoms with Crippen LogP contribution >= 0.6 is 0 Å². The molecule has 8 heteroatoms. The fourth-order valence-electron chi connectivity index (χ4n) is 2.39. The lowest BCUT2D eigenvalue weighted by Crippen LogP contribution is -2.35. The number of fused-ring (bicyclic) bond motifs is 1. The molecule has 3 rings (SSSR count). The fourth-order valence-corrected chi connectivity index (χ4v) is 2.39. The Kier molecular flexibility index (Phi) is 5.11. The summed E-state index contributed by atoms with van der Waals surface area (Å²) in [6.07, 6.45) is 0.822. The van der Waals surface area contributed by atoms with Gasteiger partial charge in [0.25, 0.3) is 11.6 Å². The van der Waals surface area contributed by atoms with Crippen LogP contribution < -0.4 is 10.1 Å². The highest BCUT2D eigenvalue weighted by atomic mass is 19.1. The monoisotopic (exact) mass is 358 g/mol. The molecule has 2 heterocycles. The third kappa shape index (κ3) is 3.79. The van der Waals surface area contributed by atoms with Crippen LogP contribution in [0.1, 0.15) is 26.1 Å². The zero-order chi connectivity index (χ0) is 18.7. The predicted octanol–water partition coefficient (Wildman–Crippen LogP) is 3.03. The molecule has 3 aromatic rings. The van der Waals surface area contributed by atoms with Gasteiger partial charge in [0.15, 0.2) is 6.61 Å². The first-order valence-corrected chi connectivity index (χ1v) is 8.30. The fraction of sp³-hybridized carbons (Fsp3) is 0.333. The number of hydrogen-bond acceptors (Lipinski definition) is 6. The van der Waals surface area contributed by atoms with E-state index in [9.17, 15) is 9.18 Å². The summed E-state index contributed by atoms with van der Waals surface area (Å²) in [5, 5.41) is 7.27. The number of amides is 1. The summed E-state index contributed by atoms with van der Waals surface area (Å²) in [7, 11) is 0. The molecular weight excluding hydrogens is 339 g/mol. The predicted molar refractivity (Wildman–Crippen MR) is 93.1 cm³/mol. The van der Waals surface area contributed by atoms with Gasteiger partial charge in [-0.1, -0.05) is 12.1 Å². The van der Waals surface area contributed by atoms with Crippen molar-refractivity contribution in [2.45, 2.75) is 33.2 Å². The topological polar surface area (TPSA) is 90.1 Å². The normalized spacial score (nSPS) is 12.2. The Morgan fingerprint density at radius 1 is 1.31 bits per heavy atom. The summed E-state index contributed by atoms with van der Waals surface area (Å²) in [5.74, 6) is 0.0272. The second-order valence-corrected chi connectivity index (χ2v) is 5.96. The number of nitrogens with one attached hydrogen (secondary N) is 1. The van der Waals surface area contributed by atoms with Crippen LogP contribution in [0, 0.1) is 12.7 Å². The van der Waals surface area contributed by atoms with Crippen LogP contribution in [-0.4, -0.2) is 33.7 Å². The standard InChI is InChI=1S/C18H19FN4O3/c1-4-10(2)20-14(24)9-25-17-15-16(12-5-7-13(19)8-6-12)23-26-18(15)22-11(3)21-17/h5-8,10H,4,9H2,1-3H3,(H,20,24)/t10-/m0/s1. The lowest BCUT2D eigenvalue weighted by molar-refractivity contribution is -0.123. The Morgan fingerprint density at radius 2 is 2.04 bits per heavy atom. The number of carbonyl (C=O) groups excluding carboxylic acids is 1. The van der Waals surface area contributed by atoms with Crippen molar-refractivity contribution in [3.63, 3.8) is 0 Å². The van der Waals surface area contributed by atoms with Gasteiger partial charge in [-0.3, -0.25) is 4.79 Å². The van der Waals surface area contributed by atoms with Gasteiger partial charge in [0.05, 0.1) is 0 Å². The van der Waals surface area contributed by atoms with E-state index in [2.05, 4.69) is 20.4 Å². The van der Waals surface area contributed by atoms with Crippen molar-refractivity contribution >= 4 is 17.0 Å². The number of nitrogens with zero attached hydrogens (tertiary/aromatic N) is 3. The first-order chi connectivity index (χ1) is 12.5. The van der Waals surface area contributed by atoms with Crippen molar-refractivity contribution in [1.29, 1.82) is 0 Å². The van der Waals surface area contributed by atoms with Gasteiger partial charge >= 0.3 is 0 Å². The molecule has 0 saturated heterocycles. The average Bonchev–Trinajstić information content (AvgIpc) is 3.04. The van der Waals surface area contributed by atoms with E-state index in [1.807, 2.05) is 13.8 Å². The van der Waals surface area contributed by atoms with Gasteiger partial charge in [0.2, 0.25) is 5.88 Å². The summed E-state index contributed by atoms with van der Waals surface area (Å²) in [4.78, 5) is 20.4. The molecule has 0 radical (unpaired) electrons. The molecule has 0 fully saturated rings. The molecule has 0 aliphatic heterocycles. The Hall–Kier alpha value is -3.03. The van der Waals surface area contributed by atoms with Gasteiger partial charge in [-0.25, -0.2) is 4.39 Å². The summed E-state index contributed by atoms with van der Waals surface area (Å²) in [6.45, 7) is 5.39. The van der Waals surface area contributed by atoms with Crippen LogP contribution in [0.15, 0.2) is 28.8 Å². The SMILES string of the molecule is CC[C@H](C)NC(=O)COc1nc(C)nc2onc(-c3ccc(F)cc3)c12. The van der Waals surface area contributed by atoms with Crippen LogP contribution in [0.25, 0.3) is 22.4 Å². The third-order valence-corrected chi connectivity index (χ3v) is 3.89. The number of aryl methyl sites for hydroxylation is 1. The maximum atomic E-state index is 13.2. The van der Waals surface area contributed by atoms with E-state index in [-0.39, 0.29) is 36.0 Å². The molecule has 0 unspecified atom stereocenters. The number of carbonyl (C=O) groups is 1. The largest absolute Gasteiger partial charge is 0.467 e. The first-order valence-electron chi connectivity index (χ1n) is 8.30. The van der Waals surface area contributed by atoms with E-state index in [4.69, 9.17) is 9.26 Å². The summed E-state index contributed by atoms with van der Waals surface area (Å²) in [5.41, 5.74) is 1.30. The Morgan fingerprint density at radius 3 is 2.73 bits per heavy atom. The van der Waals surface area contributed by atoms with Gasteiger partial charge in [0.1, 0.15) is 22.7 Å². The molecule has 7 nitrogen and oxygen atoms in total. The van der Waals surface area contributed by atoms with Gasteiger partial charge in [-0.2, -0.15) is 9.97 Å². The summed E-state index contributed by atoms with van der Waals surface area (Å²) >= 11 is 0. The smallest absolute Gasteiger partial charge is 0.265 e. The zero-order valence-electron chi connectivity index (χ0n) is 14.7. The Labute approximate surface area is 149 Å². The second kappa shape index (κ2) is 7.47. The minimum absolute atomic E-state index is 0.0589. The Bertz CT molecular complexity index is 924. The van der Waals surface area contributed by atoms with E-state index in [1.165, 1.54) is 12.1 Å². The van der Waals surface area contributed by atoms with Gasteiger partial charge < -0.3 is 14.6 Å². The first kappa shape index (κ1) is 17.8. The number of halogens is 1. The van der Waals surface area contributed by atoms with Crippen LogP contribution in [0.3, 0.4) is 0 Å². The minimum Gasteiger partial charge on any atom is -0.467 e. The van der Waals surface area contributed by atoms with E-state index in [1.54, 1.807) is 19.1 Å². The van der Waals surface area contributed by atoms with Crippen molar-refractivity contribution in [2.24, 2.45) is 0 Å². The van der Waals surface area contributed by atoms with Crippen molar-refractivity contribution in [3.05, 3.63) is 35.9 Å². The molecule has 0 spiro atoms. The lowest BCUT2D eigenvalue weighted by Gasteiger charge is -2.12. The van der Waals surface area contributed by atoms with Crippen LogP contribution in [0.5, 0.6) is 5.88 Å². The highest BCUT2D eigenvalue weighted by Gasteiger charge is 2.20. The summed E-state index contributed by atoms with van der Waals surface area (Å²) < 4.78 is 24.1. The van der Waals surface area contributed by atoms with Crippen molar-refractivity contribution < 1.29 is 18.4 Å². The van der Waals surface area contributed by atoms with Crippen molar-refractivity contribution in [2.75, 3.05) is 6.61 Å². The van der Waals surface area contributed by atoms with Gasteiger partial charge in [-0.05, 0) is 44.5 Å². The third-order valence-electron chi connectivity index (χ3n) is 3.89. The van der Waals surface area contributed by atoms with Gasteiger partial charge in [-0.15, -0.1) is 0 Å². The number of benzene rings is 1. The van der Waals surface area contributed by atoms with Crippen LogP contribution in [0.4, 0.5) is 4.39 Å². The molecule has 0 saturated carbocycles. The Balaban J connectivity index is 1.92. The molecule has 136 valence electrons. The van der Waals surface area contributed by atoms with E-state index in [0.717, 1.165) is 6.42 Å². The second-order valence-electron chi connectivity index (χ2n) is 5.96. The highest BCUT2D eigenvalue weighted by molar-refractivity contribution is 5.93. The lowest BCUT2D eigenvalue weighted by atomic mass is 10.1. The van der Waals surface area contributed by atoms with Crippen LogP contribution in [-0.2, 0) is 4.79 Å². The molecule has 1 amide bonds. The minimum atomic E-state index is -0.355. The zero-order valence-corrected chi connectivity index (χ0v) is 14.7. The molecule has 0 bridgehead atoms. The van der Waals surface area contributed by atoms with Crippen LogP contribution in [0.2, 0.25) is 0 Å². The molecule has 26 heavy (non-hydrogen) atoms. The summed E-state index contributed by atoms with van der Waals surface area (Å²) in [6, 6.07) is 5.86. The van der Waals surface area contributed by atoms with Crippen molar-refractivity contribution in [3.8, 4) is 17.1 Å². The van der Waals surface area contributed by atoms with E-state index < -0.39 is 0 Å². The molecule has 0 aliphatic carbocycles. The molecular formula is C18H19FN4O3. The molecule has 1 aromatic carbocycles. The number of ether oxygens (including phenoxy) is 1. The van der Waals surface area contributed by atoms with Gasteiger partial charge in [0, 0.05) is 11.6 Å². The number of aromatic nitrogens is 3. The maximum Gasteiger partial charge on any atom is 0.265 e. The number of hydrogen-bond donors (Lipinski definition) is 1. The molecule has 0 aliphatic rings. The molecule has 1 N–H and O–H groups in total. The highest BCUT2D eigenvalue weighted by Crippen LogP contribution is 2.33. The maximum absolute atomic E-state index is 13.2. The van der Waals surface area contributed by atoms with E-state index in [0.29, 0.717) is 22.5 Å². The quantitative estimate of drug-likeness (QED) is 0.728. The van der Waals surface area contributed by atoms with Crippen molar-refractivity contribution in [1.82, 2.24) is 20.4 Å². The molecule has 1 atom stereocenters. The number of rotatable bonds is 6. The van der Waals surface area contributed by atoms with E-state index >= 15 is 0 Å². The average molecular weight is 358 g/mol.